The summed E-state index contributed by atoms with van der Waals surface area (Å²) < 4.78 is 0. The van der Waals surface area contributed by atoms with Crippen LogP contribution < -0.4 is 10.6 Å². The van der Waals surface area contributed by atoms with Crippen molar-refractivity contribution in [1.82, 2.24) is 0 Å². The van der Waals surface area contributed by atoms with Gasteiger partial charge in [-0.05, 0) is 17.5 Å². The summed E-state index contributed by atoms with van der Waals surface area (Å²) in [4.78, 5) is 3.87. The Bertz CT molecular complexity index is 363. The van der Waals surface area contributed by atoms with E-state index >= 15 is 0 Å². The van der Waals surface area contributed by atoms with Gasteiger partial charge in [0.2, 0.25) is 0 Å². The van der Waals surface area contributed by atoms with Gasteiger partial charge in [-0.1, -0.05) is 26.0 Å². The number of benzene rings is 1. The first-order valence-electron chi connectivity index (χ1n) is 5.94. The molecule has 0 fully saturated rings. The Labute approximate surface area is 102 Å². The first-order valence-corrected chi connectivity index (χ1v) is 6.93. The highest BCUT2D eigenvalue weighted by Crippen LogP contribution is 2.39. The van der Waals surface area contributed by atoms with Crippen LogP contribution in [0.3, 0.4) is 0 Å². The van der Waals surface area contributed by atoms with Gasteiger partial charge in [-0.15, -0.1) is 11.8 Å². The lowest BCUT2D eigenvalue weighted by atomic mass is 10.00. The normalized spacial score (nSPS) is 15.4. The quantitative estimate of drug-likeness (QED) is 0.875. The maximum atomic E-state index is 5.69. The van der Waals surface area contributed by atoms with Crippen LogP contribution in [0.2, 0.25) is 0 Å². The first-order chi connectivity index (χ1) is 7.74. The predicted octanol–water partition coefficient (Wildman–Crippen LogP) is 2.68. The second kappa shape index (κ2) is 5.11. The summed E-state index contributed by atoms with van der Waals surface area (Å²) in [5, 5.41) is 0. The van der Waals surface area contributed by atoms with Crippen molar-refractivity contribution >= 4 is 17.4 Å². The number of fused-ring (bicyclic) bond motifs is 1. The van der Waals surface area contributed by atoms with E-state index in [4.69, 9.17) is 5.73 Å². The third-order valence-electron chi connectivity index (χ3n) is 2.99. The second-order valence-corrected chi connectivity index (χ2v) is 5.61. The average Bonchev–Trinajstić information content (AvgIpc) is 2.29. The van der Waals surface area contributed by atoms with Gasteiger partial charge in [-0.25, -0.2) is 0 Å². The summed E-state index contributed by atoms with van der Waals surface area (Å²) in [6.07, 6.45) is 0. The van der Waals surface area contributed by atoms with Crippen LogP contribution in [0, 0.1) is 0 Å². The molecule has 0 unspecified atom stereocenters. The number of rotatable bonds is 3. The maximum Gasteiger partial charge on any atom is 0.0540 e. The van der Waals surface area contributed by atoms with Gasteiger partial charge in [0.25, 0.3) is 0 Å². The van der Waals surface area contributed by atoms with Crippen molar-refractivity contribution in [3.05, 3.63) is 23.8 Å². The fourth-order valence-electron chi connectivity index (χ4n) is 2.22. The average molecular weight is 236 g/mol. The standard InChI is InChI=1S/C13H20N2S/c1-10(2)11-4-3-5-12-13(11)15(7-6-14)8-9-16-12/h3-5,10H,6-9,14H2,1-2H3. The molecule has 16 heavy (non-hydrogen) atoms. The number of nitrogens with two attached hydrogens (primary N) is 1. The van der Waals surface area contributed by atoms with Crippen LogP contribution in [0.25, 0.3) is 0 Å². The highest BCUT2D eigenvalue weighted by atomic mass is 32.2. The van der Waals surface area contributed by atoms with E-state index in [2.05, 4.69) is 36.9 Å². The van der Waals surface area contributed by atoms with Crippen molar-refractivity contribution in [2.75, 3.05) is 30.3 Å². The van der Waals surface area contributed by atoms with E-state index in [1.165, 1.54) is 21.9 Å². The maximum absolute atomic E-state index is 5.69. The summed E-state index contributed by atoms with van der Waals surface area (Å²) in [5.74, 6) is 1.75. The Balaban J connectivity index is 2.42. The summed E-state index contributed by atoms with van der Waals surface area (Å²) in [7, 11) is 0. The van der Waals surface area contributed by atoms with E-state index in [-0.39, 0.29) is 0 Å². The molecule has 1 aliphatic rings. The second-order valence-electron chi connectivity index (χ2n) is 4.47. The minimum atomic E-state index is 0.578. The van der Waals surface area contributed by atoms with Gasteiger partial charge >= 0.3 is 0 Å². The molecule has 0 radical (unpaired) electrons. The van der Waals surface area contributed by atoms with Gasteiger partial charge in [0.15, 0.2) is 0 Å². The molecule has 0 amide bonds. The molecule has 0 atom stereocenters. The molecule has 2 N–H and O–H groups in total. The number of thioether (sulfide) groups is 1. The van der Waals surface area contributed by atoms with Crippen molar-refractivity contribution in [2.45, 2.75) is 24.7 Å². The minimum absolute atomic E-state index is 0.578. The highest BCUT2D eigenvalue weighted by Gasteiger charge is 2.20. The van der Waals surface area contributed by atoms with Crippen LogP contribution in [0.1, 0.15) is 25.3 Å². The number of hydrogen-bond donors (Lipinski definition) is 1. The van der Waals surface area contributed by atoms with E-state index in [0.717, 1.165) is 19.6 Å². The molecule has 88 valence electrons. The lowest BCUT2D eigenvalue weighted by molar-refractivity contribution is 0.776. The molecular weight excluding hydrogens is 216 g/mol. The van der Waals surface area contributed by atoms with Crippen molar-refractivity contribution in [3.63, 3.8) is 0 Å². The summed E-state index contributed by atoms with van der Waals surface area (Å²) in [6.45, 7) is 7.34. The molecule has 3 heteroatoms. The Morgan fingerprint density at radius 2 is 2.25 bits per heavy atom. The first kappa shape index (κ1) is 11.8. The minimum Gasteiger partial charge on any atom is -0.368 e. The van der Waals surface area contributed by atoms with Gasteiger partial charge in [-0.3, -0.25) is 0 Å². The zero-order chi connectivity index (χ0) is 11.5. The van der Waals surface area contributed by atoms with Crippen LogP contribution in [-0.2, 0) is 0 Å². The molecule has 0 spiro atoms. The molecule has 0 aliphatic carbocycles. The molecule has 2 nitrogen and oxygen atoms in total. The van der Waals surface area contributed by atoms with Gasteiger partial charge in [0.1, 0.15) is 0 Å². The zero-order valence-electron chi connectivity index (χ0n) is 10.1. The lowest BCUT2D eigenvalue weighted by Gasteiger charge is -2.33. The van der Waals surface area contributed by atoms with E-state index in [0.29, 0.717) is 5.92 Å². The number of hydrogen-bond acceptors (Lipinski definition) is 3. The number of para-hydroxylation sites is 1. The third kappa shape index (κ3) is 2.20. The van der Waals surface area contributed by atoms with Crippen LogP contribution in [0.4, 0.5) is 5.69 Å². The van der Waals surface area contributed by atoms with Gasteiger partial charge in [0.05, 0.1) is 5.69 Å². The number of anilines is 1. The van der Waals surface area contributed by atoms with Gasteiger partial charge < -0.3 is 10.6 Å². The third-order valence-corrected chi connectivity index (χ3v) is 4.01. The van der Waals surface area contributed by atoms with Crippen LogP contribution in [0.15, 0.2) is 23.1 Å². The largest absolute Gasteiger partial charge is 0.368 e. The molecule has 1 aromatic carbocycles. The van der Waals surface area contributed by atoms with Gasteiger partial charge in [0, 0.05) is 30.3 Å². The smallest absolute Gasteiger partial charge is 0.0540 e. The molecule has 1 heterocycles. The SMILES string of the molecule is CC(C)c1cccc2c1N(CCN)CCS2. The van der Waals surface area contributed by atoms with Gasteiger partial charge in [-0.2, -0.15) is 0 Å². The Kier molecular flexibility index (Phi) is 3.77. The zero-order valence-corrected chi connectivity index (χ0v) is 10.9. The van der Waals surface area contributed by atoms with Crippen molar-refractivity contribution in [2.24, 2.45) is 5.73 Å². The van der Waals surface area contributed by atoms with Crippen molar-refractivity contribution < 1.29 is 0 Å². The van der Waals surface area contributed by atoms with E-state index < -0.39 is 0 Å². The van der Waals surface area contributed by atoms with E-state index in [1.807, 2.05) is 11.8 Å². The predicted molar refractivity (Wildman–Crippen MR) is 72.5 cm³/mol. The molecule has 0 saturated carbocycles. The summed E-state index contributed by atoms with van der Waals surface area (Å²) in [6, 6.07) is 6.65. The lowest BCUT2D eigenvalue weighted by Crippen LogP contribution is -2.34. The monoisotopic (exact) mass is 236 g/mol. The van der Waals surface area contributed by atoms with Crippen LogP contribution in [0.5, 0.6) is 0 Å². The van der Waals surface area contributed by atoms with Crippen molar-refractivity contribution in [1.29, 1.82) is 0 Å². The topological polar surface area (TPSA) is 29.3 Å². The summed E-state index contributed by atoms with van der Waals surface area (Å²) >= 11 is 1.97. The van der Waals surface area contributed by atoms with Crippen LogP contribution >= 0.6 is 11.8 Å². The Hall–Kier alpha value is -0.670. The molecule has 0 aromatic heterocycles. The molecular formula is C13H20N2S. The van der Waals surface area contributed by atoms with E-state index in [1.54, 1.807) is 0 Å². The summed E-state index contributed by atoms with van der Waals surface area (Å²) in [5.41, 5.74) is 8.58. The fourth-order valence-corrected chi connectivity index (χ4v) is 3.31. The Morgan fingerprint density at radius 1 is 1.44 bits per heavy atom. The molecule has 1 aliphatic heterocycles. The van der Waals surface area contributed by atoms with Crippen LogP contribution in [-0.4, -0.2) is 25.4 Å². The van der Waals surface area contributed by atoms with Crippen molar-refractivity contribution in [3.8, 4) is 0 Å². The molecule has 0 saturated heterocycles. The highest BCUT2D eigenvalue weighted by molar-refractivity contribution is 7.99. The molecule has 0 bridgehead atoms. The number of nitrogens with zero attached hydrogens (tertiary/aromatic N) is 1. The fraction of sp³-hybridized carbons (Fsp3) is 0.538. The Morgan fingerprint density at radius 3 is 2.94 bits per heavy atom. The molecule has 2 rings (SSSR count). The molecule has 1 aromatic rings. The van der Waals surface area contributed by atoms with E-state index in [9.17, 15) is 0 Å².